The quantitative estimate of drug-likeness (QED) is 0.373. The van der Waals surface area contributed by atoms with E-state index < -0.39 is 10.0 Å². The first kappa shape index (κ1) is 27.2. The van der Waals surface area contributed by atoms with E-state index >= 15 is 0 Å². The molecule has 0 aliphatic carbocycles. The zero-order chi connectivity index (χ0) is 26.3. The maximum atomic E-state index is 12.9. The number of halogens is 1. The van der Waals surface area contributed by atoms with E-state index in [1.54, 1.807) is 49.4 Å². The van der Waals surface area contributed by atoms with Crippen LogP contribution in [-0.4, -0.2) is 33.0 Å². The summed E-state index contributed by atoms with van der Waals surface area (Å²) in [5, 5.41) is 6.21. The molecule has 0 radical (unpaired) electrons. The average Bonchev–Trinajstić information content (AvgIpc) is 2.84. The molecular weight excluding hydrogens is 498 g/mol. The van der Waals surface area contributed by atoms with Gasteiger partial charge in [-0.1, -0.05) is 60.1 Å². The SMILES string of the molecule is Cc1c(Cl)cccc1N(CCCC(=O)Nc1ccccc1C(=O)N[C@@H](C)c1ccccc1)S(C)(=O)=O. The fourth-order valence-electron chi connectivity index (χ4n) is 3.82. The third-order valence-corrected chi connectivity index (χ3v) is 7.36. The molecule has 0 aromatic heterocycles. The van der Waals surface area contributed by atoms with Crippen LogP contribution in [0.15, 0.2) is 72.8 Å². The molecular formula is C27H30ClN3O4S. The summed E-state index contributed by atoms with van der Waals surface area (Å²) < 4.78 is 26.1. The van der Waals surface area contributed by atoms with E-state index in [9.17, 15) is 18.0 Å². The Morgan fingerprint density at radius 2 is 1.64 bits per heavy atom. The molecule has 36 heavy (non-hydrogen) atoms. The summed E-state index contributed by atoms with van der Waals surface area (Å²) in [4.78, 5) is 25.6. The van der Waals surface area contributed by atoms with Crippen LogP contribution in [0.1, 0.15) is 47.3 Å². The maximum Gasteiger partial charge on any atom is 0.253 e. The third-order valence-electron chi connectivity index (χ3n) is 5.77. The molecule has 3 rings (SSSR count). The second-order valence-corrected chi connectivity index (χ2v) is 10.8. The van der Waals surface area contributed by atoms with Crippen molar-refractivity contribution in [2.45, 2.75) is 32.7 Å². The van der Waals surface area contributed by atoms with Crippen LogP contribution in [0.4, 0.5) is 11.4 Å². The van der Waals surface area contributed by atoms with Gasteiger partial charge < -0.3 is 10.6 Å². The number of carbonyl (C=O) groups excluding carboxylic acids is 2. The second kappa shape index (κ2) is 12.1. The molecule has 9 heteroatoms. The van der Waals surface area contributed by atoms with Crippen LogP contribution in [0.3, 0.4) is 0 Å². The number of hydrogen-bond donors (Lipinski definition) is 2. The van der Waals surface area contributed by atoms with Gasteiger partial charge in [0.15, 0.2) is 0 Å². The van der Waals surface area contributed by atoms with Crippen molar-refractivity contribution < 1.29 is 18.0 Å². The maximum absolute atomic E-state index is 12.9. The number of sulfonamides is 1. The van der Waals surface area contributed by atoms with Crippen molar-refractivity contribution in [3.8, 4) is 0 Å². The van der Waals surface area contributed by atoms with Crippen molar-refractivity contribution in [2.24, 2.45) is 0 Å². The minimum Gasteiger partial charge on any atom is -0.345 e. The standard InChI is InChI=1S/C27H30ClN3O4S/c1-19-23(28)14-9-16-25(19)31(36(3,34)35)18-10-17-26(32)30-24-15-8-7-13-22(24)27(33)29-20(2)21-11-5-4-6-12-21/h4-9,11-16,20H,10,17-18H2,1-3H3,(H,29,33)(H,30,32)/t20-/m0/s1. The van der Waals surface area contributed by atoms with Gasteiger partial charge in [0, 0.05) is 18.0 Å². The van der Waals surface area contributed by atoms with Crippen LogP contribution >= 0.6 is 11.6 Å². The fraction of sp³-hybridized carbons (Fsp3) is 0.259. The van der Waals surface area contributed by atoms with E-state index in [0.717, 1.165) is 11.8 Å². The average molecular weight is 528 g/mol. The lowest BCUT2D eigenvalue weighted by molar-refractivity contribution is -0.116. The molecule has 190 valence electrons. The highest BCUT2D eigenvalue weighted by atomic mass is 35.5. The van der Waals surface area contributed by atoms with E-state index in [1.165, 1.54) is 4.31 Å². The molecule has 0 saturated carbocycles. The Bertz CT molecular complexity index is 1330. The molecule has 2 N–H and O–H groups in total. The van der Waals surface area contributed by atoms with E-state index in [2.05, 4.69) is 10.6 Å². The molecule has 0 bridgehead atoms. The zero-order valence-corrected chi connectivity index (χ0v) is 22.1. The number of rotatable bonds is 10. The van der Waals surface area contributed by atoms with Gasteiger partial charge in [0.1, 0.15) is 0 Å². The minimum absolute atomic E-state index is 0.0714. The van der Waals surface area contributed by atoms with Crippen LogP contribution in [0.2, 0.25) is 5.02 Å². The second-order valence-electron chi connectivity index (χ2n) is 8.52. The molecule has 0 unspecified atom stereocenters. The smallest absolute Gasteiger partial charge is 0.253 e. The Labute approximate surface area is 217 Å². The highest BCUT2D eigenvalue weighted by molar-refractivity contribution is 7.92. The predicted molar refractivity (Wildman–Crippen MR) is 145 cm³/mol. The lowest BCUT2D eigenvalue weighted by atomic mass is 10.1. The van der Waals surface area contributed by atoms with Gasteiger partial charge >= 0.3 is 0 Å². The molecule has 0 heterocycles. The Kier molecular flexibility index (Phi) is 9.12. The molecule has 7 nitrogen and oxygen atoms in total. The summed E-state index contributed by atoms with van der Waals surface area (Å²) in [5.74, 6) is -0.621. The molecule has 0 aliphatic heterocycles. The topological polar surface area (TPSA) is 95.6 Å². The molecule has 1 atom stereocenters. The normalized spacial score (nSPS) is 12.0. The predicted octanol–water partition coefficient (Wildman–Crippen LogP) is 5.32. The van der Waals surface area contributed by atoms with Gasteiger partial charge in [-0.05, 0) is 55.7 Å². The number of nitrogens with one attached hydrogen (secondary N) is 2. The molecule has 2 amide bonds. The number of amides is 2. The van der Waals surface area contributed by atoms with E-state index in [4.69, 9.17) is 11.6 Å². The summed E-state index contributed by atoms with van der Waals surface area (Å²) in [6.45, 7) is 3.76. The Morgan fingerprint density at radius 1 is 0.972 bits per heavy atom. The van der Waals surface area contributed by atoms with Crippen molar-refractivity contribution in [3.63, 3.8) is 0 Å². The van der Waals surface area contributed by atoms with Crippen LogP contribution in [0.5, 0.6) is 0 Å². The summed E-state index contributed by atoms with van der Waals surface area (Å²) in [6.07, 6.45) is 1.48. The van der Waals surface area contributed by atoms with Crippen LogP contribution in [0.25, 0.3) is 0 Å². The molecule has 3 aromatic rings. The van der Waals surface area contributed by atoms with Crippen molar-refractivity contribution in [1.29, 1.82) is 0 Å². The number of benzene rings is 3. The van der Waals surface area contributed by atoms with Crippen LogP contribution in [0, 0.1) is 6.92 Å². The van der Waals surface area contributed by atoms with Gasteiger partial charge in [-0.15, -0.1) is 0 Å². The van der Waals surface area contributed by atoms with Crippen molar-refractivity contribution in [3.05, 3.63) is 94.5 Å². The summed E-state index contributed by atoms with van der Waals surface area (Å²) in [5.41, 5.74) is 2.85. The first-order valence-corrected chi connectivity index (χ1v) is 13.8. The van der Waals surface area contributed by atoms with E-state index in [-0.39, 0.29) is 37.2 Å². The van der Waals surface area contributed by atoms with Crippen molar-refractivity contribution in [2.75, 3.05) is 22.4 Å². The number of carbonyl (C=O) groups is 2. The highest BCUT2D eigenvalue weighted by Crippen LogP contribution is 2.28. The largest absolute Gasteiger partial charge is 0.345 e. The van der Waals surface area contributed by atoms with Gasteiger partial charge in [-0.3, -0.25) is 13.9 Å². The van der Waals surface area contributed by atoms with Gasteiger partial charge in [0.25, 0.3) is 5.91 Å². The Hall–Kier alpha value is -3.36. The summed E-state index contributed by atoms with van der Waals surface area (Å²) >= 11 is 6.17. The monoisotopic (exact) mass is 527 g/mol. The van der Waals surface area contributed by atoms with Gasteiger partial charge in [0.2, 0.25) is 15.9 Å². The van der Waals surface area contributed by atoms with Crippen LogP contribution < -0.4 is 14.9 Å². The minimum atomic E-state index is -3.58. The summed E-state index contributed by atoms with van der Waals surface area (Å²) in [7, 11) is -3.58. The lowest BCUT2D eigenvalue weighted by Gasteiger charge is -2.24. The Balaban J connectivity index is 1.64. The number of nitrogens with zero attached hydrogens (tertiary/aromatic N) is 1. The lowest BCUT2D eigenvalue weighted by Crippen LogP contribution is -2.32. The molecule has 0 aliphatic rings. The van der Waals surface area contributed by atoms with Crippen LogP contribution in [-0.2, 0) is 14.8 Å². The molecule has 3 aromatic carbocycles. The fourth-order valence-corrected chi connectivity index (χ4v) is 5.00. The Morgan fingerprint density at radius 3 is 2.33 bits per heavy atom. The number of hydrogen-bond acceptors (Lipinski definition) is 4. The van der Waals surface area contributed by atoms with E-state index in [1.807, 2.05) is 37.3 Å². The first-order valence-electron chi connectivity index (χ1n) is 11.6. The first-order chi connectivity index (χ1) is 17.1. The molecule has 0 fully saturated rings. The van der Waals surface area contributed by atoms with Crippen molar-refractivity contribution >= 4 is 44.8 Å². The number of para-hydroxylation sites is 1. The zero-order valence-electron chi connectivity index (χ0n) is 20.5. The van der Waals surface area contributed by atoms with Gasteiger partial charge in [-0.2, -0.15) is 0 Å². The van der Waals surface area contributed by atoms with E-state index in [0.29, 0.717) is 27.5 Å². The third kappa shape index (κ3) is 7.08. The molecule has 0 spiro atoms. The van der Waals surface area contributed by atoms with Crippen molar-refractivity contribution in [1.82, 2.24) is 5.32 Å². The number of anilines is 2. The molecule has 0 saturated heterocycles. The summed E-state index contributed by atoms with van der Waals surface area (Å²) in [6, 6.07) is 21.2. The van der Waals surface area contributed by atoms with Gasteiger partial charge in [-0.25, -0.2) is 8.42 Å². The highest BCUT2D eigenvalue weighted by Gasteiger charge is 2.21. The van der Waals surface area contributed by atoms with Gasteiger partial charge in [0.05, 0.1) is 29.2 Å².